The summed E-state index contributed by atoms with van der Waals surface area (Å²) >= 11 is 5.27. The summed E-state index contributed by atoms with van der Waals surface area (Å²) in [4.78, 5) is 13.0. The molecule has 5 heteroatoms. The van der Waals surface area contributed by atoms with Crippen LogP contribution in [0.15, 0.2) is 65.9 Å². The third kappa shape index (κ3) is 3.16. The number of methoxy groups -OCH3 is 1. The maximum Gasteiger partial charge on any atom is 0.193 e. The summed E-state index contributed by atoms with van der Waals surface area (Å²) in [6.45, 7) is 1.87. The molecule has 24 heavy (non-hydrogen) atoms. The average Bonchev–Trinajstić information content (AvgIpc) is 2.61. The highest BCUT2D eigenvalue weighted by molar-refractivity contribution is 7.80. The zero-order chi connectivity index (χ0) is 17.1. The van der Waals surface area contributed by atoms with Crippen LogP contribution >= 0.6 is 12.2 Å². The largest absolute Gasteiger partial charge is 0.497 e. The van der Waals surface area contributed by atoms with Crippen molar-refractivity contribution in [2.24, 2.45) is 0 Å². The Balaban J connectivity index is 2.03. The highest BCUT2D eigenvalue weighted by Gasteiger charge is 2.30. The Morgan fingerprint density at radius 3 is 2.38 bits per heavy atom. The fourth-order valence-electron chi connectivity index (χ4n) is 2.79. The van der Waals surface area contributed by atoms with Gasteiger partial charge < -0.3 is 15.4 Å². The number of carbonyl (C=O) groups excluding carboxylic acids is 1. The first-order valence-corrected chi connectivity index (χ1v) is 8.03. The standard InChI is InChI=1S/C19H18N2O2S/c1-12-16(18(22)14-6-4-3-5-7-14)17(21-19(24)20-12)13-8-10-15(23-2)11-9-13/h3-11,17H,1-2H3,(H2,20,21,24)/t17-/m0/s1. The number of rotatable bonds is 4. The smallest absolute Gasteiger partial charge is 0.193 e. The number of Topliss-reactive ketones (excluding diaryl/α,β-unsaturated/α-hetero) is 1. The molecule has 1 atom stereocenters. The van der Waals surface area contributed by atoms with E-state index in [1.54, 1.807) is 7.11 Å². The van der Waals surface area contributed by atoms with Crippen molar-refractivity contribution in [3.63, 3.8) is 0 Å². The minimum Gasteiger partial charge on any atom is -0.497 e. The average molecular weight is 338 g/mol. The predicted octanol–water partition coefficient (Wildman–Crippen LogP) is 3.37. The molecule has 0 amide bonds. The zero-order valence-corrected chi connectivity index (χ0v) is 14.3. The molecule has 2 N–H and O–H groups in total. The lowest BCUT2D eigenvalue weighted by Gasteiger charge is -2.30. The molecule has 122 valence electrons. The summed E-state index contributed by atoms with van der Waals surface area (Å²) in [5.74, 6) is 0.753. The van der Waals surface area contributed by atoms with Gasteiger partial charge >= 0.3 is 0 Å². The van der Waals surface area contributed by atoms with E-state index in [-0.39, 0.29) is 11.8 Å². The van der Waals surface area contributed by atoms with Gasteiger partial charge in [-0.25, -0.2) is 0 Å². The molecular formula is C19H18N2O2S. The number of ketones is 1. The molecule has 0 unspecified atom stereocenters. The van der Waals surface area contributed by atoms with Crippen molar-refractivity contribution in [2.45, 2.75) is 13.0 Å². The van der Waals surface area contributed by atoms with Crippen LogP contribution in [0.2, 0.25) is 0 Å². The van der Waals surface area contributed by atoms with Crippen LogP contribution in [-0.2, 0) is 0 Å². The molecule has 0 saturated carbocycles. The fourth-order valence-corrected chi connectivity index (χ4v) is 3.06. The molecule has 3 rings (SSSR count). The van der Waals surface area contributed by atoms with Crippen LogP contribution < -0.4 is 15.4 Å². The van der Waals surface area contributed by atoms with Gasteiger partial charge in [-0.1, -0.05) is 42.5 Å². The van der Waals surface area contributed by atoms with Crippen LogP contribution in [0.5, 0.6) is 5.75 Å². The number of benzene rings is 2. The number of hydrogen-bond acceptors (Lipinski definition) is 3. The Hall–Kier alpha value is -2.66. The highest BCUT2D eigenvalue weighted by atomic mass is 32.1. The fraction of sp³-hybridized carbons (Fsp3) is 0.158. The molecule has 0 spiro atoms. The van der Waals surface area contributed by atoms with Crippen molar-refractivity contribution in [2.75, 3.05) is 7.11 Å². The molecule has 1 aliphatic rings. The molecule has 0 aliphatic carbocycles. The van der Waals surface area contributed by atoms with E-state index in [9.17, 15) is 4.79 Å². The summed E-state index contributed by atoms with van der Waals surface area (Å²) in [7, 11) is 1.63. The first kappa shape index (κ1) is 16.2. The van der Waals surface area contributed by atoms with E-state index in [2.05, 4.69) is 10.6 Å². The van der Waals surface area contributed by atoms with Gasteiger partial charge in [0.15, 0.2) is 10.9 Å². The van der Waals surface area contributed by atoms with Crippen LogP contribution in [0.4, 0.5) is 0 Å². The van der Waals surface area contributed by atoms with E-state index < -0.39 is 0 Å². The molecule has 0 bridgehead atoms. The maximum atomic E-state index is 13.0. The van der Waals surface area contributed by atoms with Gasteiger partial charge in [0, 0.05) is 16.8 Å². The normalized spacial score (nSPS) is 17.1. The molecule has 1 heterocycles. The minimum atomic E-state index is -0.294. The highest BCUT2D eigenvalue weighted by Crippen LogP contribution is 2.30. The Morgan fingerprint density at radius 1 is 1.08 bits per heavy atom. The van der Waals surface area contributed by atoms with Crippen molar-refractivity contribution < 1.29 is 9.53 Å². The summed E-state index contributed by atoms with van der Waals surface area (Å²) in [6, 6.07) is 16.6. The van der Waals surface area contributed by atoms with Crippen molar-refractivity contribution >= 4 is 23.1 Å². The van der Waals surface area contributed by atoms with E-state index in [1.807, 2.05) is 61.5 Å². The van der Waals surface area contributed by atoms with Gasteiger partial charge in [-0.05, 0) is 36.8 Å². The SMILES string of the molecule is COc1ccc([C@@H]2NC(=S)NC(C)=C2C(=O)c2ccccc2)cc1. The van der Waals surface area contributed by atoms with Gasteiger partial charge in [0.2, 0.25) is 0 Å². The third-order valence-electron chi connectivity index (χ3n) is 4.00. The second kappa shape index (κ2) is 6.84. The lowest BCUT2D eigenvalue weighted by Crippen LogP contribution is -2.44. The monoisotopic (exact) mass is 338 g/mol. The van der Waals surface area contributed by atoms with Crippen LogP contribution in [0.3, 0.4) is 0 Å². The molecular weight excluding hydrogens is 320 g/mol. The van der Waals surface area contributed by atoms with E-state index >= 15 is 0 Å². The summed E-state index contributed by atoms with van der Waals surface area (Å²) in [6.07, 6.45) is 0. The van der Waals surface area contributed by atoms with Gasteiger partial charge in [-0.2, -0.15) is 0 Å². The number of ether oxygens (including phenoxy) is 1. The van der Waals surface area contributed by atoms with E-state index in [0.29, 0.717) is 16.2 Å². The van der Waals surface area contributed by atoms with Crippen LogP contribution in [0, 0.1) is 0 Å². The molecule has 0 fully saturated rings. The lowest BCUT2D eigenvalue weighted by molar-refractivity contribution is 0.102. The molecule has 2 aromatic carbocycles. The maximum absolute atomic E-state index is 13.0. The van der Waals surface area contributed by atoms with Crippen molar-refractivity contribution in [3.8, 4) is 5.75 Å². The number of allylic oxidation sites excluding steroid dienone is 1. The van der Waals surface area contributed by atoms with Gasteiger partial charge in [0.25, 0.3) is 0 Å². The minimum absolute atomic E-state index is 0.0172. The molecule has 0 saturated heterocycles. The topological polar surface area (TPSA) is 50.4 Å². The number of hydrogen-bond donors (Lipinski definition) is 2. The molecule has 0 radical (unpaired) electrons. The number of carbonyl (C=O) groups is 1. The molecule has 0 aromatic heterocycles. The van der Waals surface area contributed by atoms with Gasteiger partial charge in [0.1, 0.15) is 5.75 Å². The first-order chi connectivity index (χ1) is 11.6. The Kier molecular flexibility index (Phi) is 4.62. The van der Waals surface area contributed by atoms with Crippen molar-refractivity contribution in [1.82, 2.24) is 10.6 Å². The van der Waals surface area contributed by atoms with Gasteiger partial charge in [-0.3, -0.25) is 4.79 Å². The second-order valence-electron chi connectivity index (χ2n) is 5.54. The van der Waals surface area contributed by atoms with Gasteiger partial charge in [-0.15, -0.1) is 0 Å². The quantitative estimate of drug-likeness (QED) is 0.661. The van der Waals surface area contributed by atoms with Crippen LogP contribution in [0.1, 0.15) is 28.9 Å². The molecule has 1 aliphatic heterocycles. The number of nitrogens with one attached hydrogen (secondary N) is 2. The zero-order valence-electron chi connectivity index (χ0n) is 13.5. The van der Waals surface area contributed by atoms with Gasteiger partial charge in [0.05, 0.1) is 13.2 Å². The van der Waals surface area contributed by atoms with E-state index in [1.165, 1.54) is 0 Å². The summed E-state index contributed by atoms with van der Waals surface area (Å²) in [5.41, 5.74) is 3.05. The Bertz CT molecular complexity index is 798. The number of thiocarbonyl (C=S) groups is 1. The van der Waals surface area contributed by atoms with Crippen LogP contribution in [-0.4, -0.2) is 18.0 Å². The first-order valence-electron chi connectivity index (χ1n) is 7.62. The van der Waals surface area contributed by atoms with Crippen molar-refractivity contribution in [1.29, 1.82) is 0 Å². The van der Waals surface area contributed by atoms with Crippen molar-refractivity contribution in [3.05, 3.63) is 77.0 Å². The third-order valence-corrected chi connectivity index (χ3v) is 4.22. The van der Waals surface area contributed by atoms with Crippen LogP contribution in [0.25, 0.3) is 0 Å². The Morgan fingerprint density at radius 2 is 1.75 bits per heavy atom. The summed E-state index contributed by atoms with van der Waals surface area (Å²) in [5, 5.41) is 6.77. The second-order valence-corrected chi connectivity index (χ2v) is 5.95. The molecule has 2 aromatic rings. The predicted molar refractivity (Wildman–Crippen MR) is 98.1 cm³/mol. The molecule has 4 nitrogen and oxygen atoms in total. The summed E-state index contributed by atoms with van der Waals surface area (Å²) < 4.78 is 5.20. The van der Waals surface area contributed by atoms with E-state index in [0.717, 1.165) is 17.0 Å². The van der Waals surface area contributed by atoms with E-state index in [4.69, 9.17) is 17.0 Å². The Labute approximate surface area is 146 Å². The lowest BCUT2D eigenvalue weighted by atomic mass is 9.90.